The molecule has 9 heteroatoms. The highest BCUT2D eigenvalue weighted by Crippen LogP contribution is 2.28. The monoisotopic (exact) mass is 259 g/mol. The van der Waals surface area contributed by atoms with Crippen molar-refractivity contribution in [3.8, 4) is 0 Å². The molecule has 8 nitrogen and oxygen atoms in total. The van der Waals surface area contributed by atoms with E-state index in [9.17, 15) is 23.7 Å². The minimum Gasteiger partial charge on any atom is -0.755 e. The van der Waals surface area contributed by atoms with E-state index in [0.29, 0.717) is 0 Å². The third-order valence-corrected chi connectivity index (χ3v) is 2.40. The maximum absolute atomic E-state index is 10.7. The van der Waals surface area contributed by atoms with Gasteiger partial charge in [-0.1, -0.05) is 0 Å². The van der Waals surface area contributed by atoms with Crippen molar-refractivity contribution in [1.82, 2.24) is 0 Å². The number of carboxylic acids is 1. The van der Waals surface area contributed by atoms with Crippen LogP contribution < -0.4 is 4.72 Å². The van der Waals surface area contributed by atoms with Crippen molar-refractivity contribution in [1.29, 1.82) is 0 Å². The zero-order chi connectivity index (χ0) is 13.2. The highest BCUT2D eigenvalue weighted by Gasteiger charge is 2.18. The molecule has 0 aliphatic carbocycles. The number of nitro groups is 1. The summed E-state index contributed by atoms with van der Waals surface area (Å²) in [6.07, 6.45) is 0. The van der Waals surface area contributed by atoms with Crippen LogP contribution in [0.15, 0.2) is 12.1 Å². The second-order valence-corrected chi connectivity index (χ2v) is 3.74. The first kappa shape index (κ1) is 13.1. The van der Waals surface area contributed by atoms with Gasteiger partial charge in [-0.3, -0.25) is 14.3 Å². The fourth-order valence-corrected chi connectivity index (χ4v) is 1.60. The molecule has 0 bridgehead atoms. The van der Waals surface area contributed by atoms with Gasteiger partial charge >= 0.3 is 5.97 Å². The Hall–Kier alpha value is -2.00. The van der Waals surface area contributed by atoms with Crippen LogP contribution in [0.3, 0.4) is 0 Å². The van der Waals surface area contributed by atoms with Crippen molar-refractivity contribution < 1.29 is 23.6 Å². The first-order chi connectivity index (χ1) is 7.82. The highest BCUT2D eigenvalue weighted by molar-refractivity contribution is 7.80. The van der Waals surface area contributed by atoms with Crippen molar-refractivity contribution in [3.63, 3.8) is 0 Å². The number of benzene rings is 1. The fraction of sp³-hybridized carbons (Fsp3) is 0.125. The lowest BCUT2D eigenvalue weighted by Gasteiger charge is -2.12. The van der Waals surface area contributed by atoms with Crippen LogP contribution in [0.4, 0.5) is 11.4 Å². The van der Waals surface area contributed by atoms with Gasteiger partial charge in [-0.05, 0) is 13.0 Å². The van der Waals surface area contributed by atoms with Crippen LogP contribution in [0.5, 0.6) is 0 Å². The standard InChI is InChI=1S/C8H8N2O6S/c1-4-6(9-17(15)16)2-5(8(11)12)3-7(4)10(13)14/h2-3,9H,1H3,(H,11,12)(H,15,16)/p-1. The average Bonchev–Trinajstić information content (AvgIpc) is 2.19. The molecule has 1 unspecified atom stereocenters. The molecule has 0 fully saturated rings. The Morgan fingerprint density at radius 1 is 1.53 bits per heavy atom. The molecule has 0 heterocycles. The van der Waals surface area contributed by atoms with E-state index in [0.717, 1.165) is 12.1 Å². The zero-order valence-corrected chi connectivity index (χ0v) is 9.32. The van der Waals surface area contributed by atoms with Crippen molar-refractivity contribution in [3.05, 3.63) is 33.4 Å². The Labute approximate surface area is 97.8 Å². The summed E-state index contributed by atoms with van der Waals surface area (Å²) in [5.41, 5.74) is -0.915. The molecule has 17 heavy (non-hydrogen) atoms. The Kier molecular flexibility index (Phi) is 3.76. The van der Waals surface area contributed by atoms with E-state index in [2.05, 4.69) is 0 Å². The SMILES string of the molecule is Cc1c(NS(=O)[O-])cc(C(=O)O)cc1[N+](=O)[O-]. The molecule has 0 radical (unpaired) electrons. The van der Waals surface area contributed by atoms with Gasteiger partial charge in [0.15, 0.2) is 0 Å². The Morgan fingerprint density at radius 3 is 2.53 bits per heavy atom. The smallest absolute Gasteiger partial charge is 0.336 e. The maximum Gasteiger partial charge on any atom is 0.336 e. The summed E-state index contributed by atoms with van der Waals surface area (Å²) in [5.74, 6) is -1.38. The van der Waals surface area contributed by atoms with Gasteiger partial charge in [-0.2, -0.15) is 0 Å². The summed E-state index contributed by atoms with van der Waals surface area (Å²) < 4.78 is 22.8. The molecule has 0 saturated carbocycles. The van der Waals surface area contributed by atoms with Crippen LogP contribution in [0, 0.1) is 17.0 Å². The molecule has 0 aromatic heterocycles. The third kappa shape index (κ3) is 2.98. The molecular weight excluding hydrogens is 252 g/mol. The number of nitrogens with zero attached hydrogens (tertiary/aromatic N) is 1. The number of anilines is 1. The second-order valence-electron chi connectivity index (χ2n) is 3.07. The summed E-state index contributed by atoms with van der Waals surface area (Å²) in [4.78, 5) is 20.6. The number of nitrogens with one attached hydrogen (secondary N) is 1. The largest absolute Gasteiger partial charge is 0.755 e. The first-order valence-electron chi connectivity index (χ1n) is 4.21. The van der Waals surface area contributed by atoms with Crippen molar-refractivity contribution >= 4 is 28.6 Å². The number of hydrogen-bond donors (Lipinski definition) is 2. The average molecular weight is 259 g/mol. The lowest BCUT2D eigenvalue weighted by Crippen LogP contribution is -2.08. The molecular formula is C8H7N2O6S-. The van der Waals surface area contributed by atoms with E-state index >= 15 is 0 Å². The molecule has 0 aliphatic heterocycles. The van der Waals surface area contributed by atoms with Crippen LogP contribution in [0.2, 0.25) is 0 Å². The lowest BCUT2D eigenvalue weighted by atomic mass is 10.1. The van der Waals surface area contributed by atoms with Gasteiger partial charge in [0.2, 0.25) is 0 Å². The predicted octanol–water partition coefficient (Wildman–Crippen LogP) is 0.807. The molecule has 0 amide bonds. The van der Waals surface area contributed by atoms with Gasteiger partial charge in [-0.25, -0.2) is 4.79 Å². The van der Waals surface area contributed by atoms with E-state index in [1.54, 1.807) is 0 Å². The van der Waals surface area contributed by atoms with E-state index < -0.39 is 27.8 Å². The highest BCUT2D eigenvalue weighted by atomic mass is 32.2. The number of aromatic carboxylic acids is 1. The summed E-state index contributed by atoms with van der Waals surface area (Å²) in [6, 6.07) is 1.89. The Morgan fingerprint density at radius 2 is 2.12 bits per heavy atom. The van der Waals surface area contributed by atoms with E-state index in [-0.39, 0.29) is 16.8 Å². The molecule has 0 spiro atoms. The third-order valence-electron chi connectivity index (χ3n) is 2.02. The summed E-state index contributed by atoms with van der Waals surface area (Å²) in [6.45, 7) is 1.32. The van der Waals surface area contributed by atoms with Crippen LogP contribution >= 0.6 is 0 Å². The summed E-state index contributed by atoms with van der Waals surface area (Å²) >= 11 is -2.69. The topological polar surface area (TPSA) is 133 Å². The van der Waals surface area contributed by atoms with Crippen LogP contribution in [0.25, 0.3) is 0 Å². The van der Waals surface area contributed by atoms with Crippen LogP contribution in [-0.2, 0) is 11.3 Å². The van der Waals surface area contributed by atoms with E-state index in [1.807, 2.05) is 4.72 Å². The lowest BCUT2D eigenvalue weighted by molar-refractivity contribution is -0.385. The van der Waals surface area contributed by atoms with Crippen LogP contribution in [0.1, 0.15) is 15.9 Å². The molecule has 2 N–H and O–H groups in total. The molecule has 0 saturated heterocycles. The molecule has 1 aromatic carbocycles. The molecule has 92 valence electrons. The van der Waals surface area contributed by atoms with E-state index in [1.165, 1.54) is 6.92 Å². The van der Waals surface area contributed by atoms with Crippen molar-refractivity contribution in [2.45, 2.75) is 6.92 Å². The second kappa shape index (κ2) is 4.89. The molecule has 1 aromatic rings. The quantitative estimate of drug-likeness (QED) is 0.467. The fourth-order valence-electron chi connectivity index (χ4n) is 1.21. The van der Waals surface area contributed by atoms with Gasteiger partial charge < -0.3 is 14.4 Å². The molecule has 1 atom stereocenters. The summed E-state index contributed by atoms with van der Waals surface area (Å²) in [5, 5.41) is 19.4. The van der Waals surface area contributed by atoms with E-state index in [4.69, 9.17) is 5.11 Å². The van der Waals surface area contributed by atoms with Gasteiger partial charge in [0, 0.05) is 17.3 Å². The number of nitro benzene ring substituents is 1. The number of carboxylic acid groups (broad SMARTS) is 1. The maximum atomic E-state index is 10.7. The zero-order valence-electron chi connectivity index (χ0n) is 8.50. The minimum atomic E-state index is -2.69. The molecule has 1 rings (SSSR count). The minimum absolute atomic E-state index is 0.0456. The first-order valence-corrected chi connectivity index (χ1v) is 5.28. The van der Waals surface area contributed by atoms with Gasteiger partial charge in [0.05, 0.1) is 21.7 Å². The summed E-state index contributed by atoms with van der Waals surface area (Å²) in [7, 11) is 0. The predicted molar refractivity (Wildman–Crippen MR) is 57.3 cm³/mol. The Balaban J connectivity index is 3.42. The van der Waals surface area contributed by atoms with Gasteiger partial charge in [0.1, 0.15) is 0 Å². The number of rotatable bonds is 4. The molecule has 0 aliphatic rings. The van der Waals surface area contributed by atoms with Gasteiger partial charge in [0.25, 0.3) is 5.69 Å². The number of hydrogen-bond acceptors (Lipinski definition) is 5. The van der Waals surface area contributed by atoms with Gasteiger partial charge in [-0.15, -0.1) is 0 Å². The normalized spacial score (nSPS) is 11.9. The van der Waals surface area contributed by atoms with Crippen LogP contribution in [-0.4, -0.2) is 24.8 Å². The van der Waals surface area contributed by atoms with Crippen molar-refractivity contribution in [2.24, 2.45) is 0 Å². The van der Waals surface area contributed by atoms with Crippen molar-refractivity contribution in [2.75, 3.05) is 4.72 Å². The Bertz CT molecular complexity index is 515. The number of carbonyl (C=O) groups is 1.